The number of anilines is 1. The number of carbonyl (C=O) groups is 1. The lowest BCUT2D eigenvalue weighted by Gasteiger charge is -2.07. The van der Waals surface area contributed by atoms with Crippen molar-refractivity contribution in [3.63, 3.8) is 0 Å². The molecule has 0 saturated heterocycles. The van der Waals surface area contributed by atoms with Crippen molar-refractivity contribution in [2.45, 2.75) is 0 Å². The van der Waals surface area contributed by atoms with Crippen LogP contribution in [0.5, 0.6) is 0 Å². The summed E-state index contributed by atoms with van der Waals surface area (Å²) in [7, 11) is 0. The van der Waals surface area contributed by atoms with E-state index >= 15 is 0 Å². The number of nitro groups is 1. The van der Waals surface area contributed by atoms with E-state index in [9.17, 15) is 14.9 Å². The zero-order chi connectivity index (χ0) is 14.7. The molecule has 1 amide bonds. The Hall–Kier alpha value is -1.99. The van der Waals surface area contributed by atoms with Gasteiger partial charge in [-0.05, 0) is 18.2 Å². The van der Waals surface area contributed by atoms with Crippen LogP contribution in [0.1, 0.15) is 10.4 Å². The van der Waals surface area contributed by atoms with Crippen LogP contribution >= 0.6 is 27.5 Å². The molecule has 0 radical (unpaired) electrons. The summed E-state index contributed by atoms with van der Waals surface area (Å²) in [6, 6.07) is 5.78. The summed E-state index contributed by atoms with van der Waals surface area (Å²) in [5.74, 6) is -0.539. The third-order valence-corrected chi connectivity index (χ3v) is 3.22. The molecule has 0 fully saturated rings. The molecule has 0 aliphatic heterocycles. The summed E-state index contributed by atoms with van der Waals surface area (Å²) in [4.78, 5) is 26.2. The van der Waals surface area contributed by atoms with E-state index in [1.807, 2.05) is 0 Å². The van der Waals surface area contributed by atoms with Gasteiger partial charge in [-0.25, -0.2) is 0 Å². The minimum atomic E-state index is -0.575. The largest absolute Gasteiger partial charge is 0.316 e. The Balaban J connectivity index is 2.33. The molecule has 2 aromatic rings. The smallest absolute Gasteiger partial charge is 0.293 e. The average Bonchev–Trinajstić information content (AvgIpc) is 2.41. The van der Waals surface area contributed by atoms with Crippen molar-refractivity contribution >= 4 is 44.8 Å². The Labute approximate surface area is 127 Å². The van der Waals surface area contributed by atoms with Crippen LogP contribution in [-0.4, -0.2) is 15.8 Å². The molecule has 0 spiro atoms. The maximum atomic E-state index is 12.0. The highest BCUT2D eigenvalue weighted by molar-refractivity contribution is 9.10. The van der Waals surface area contributed by atoms with Crippen molar-refractivity contribution in [1.29, 1.82) is 0 Å². The van der Waals surface area contributed by atoms with Gasteiger partial charge in [-0.1, -0.05) is 27.5 Å². The predicted octanol–water partition coefficient (Wildman–Crippen LogP) is 3.66. The van der Waals surface area contributed by atoms with Crippen molar-refractivity contribution in [1.82, 2.24) is 4.98 Å². The second-order valence-electron chi connectivity index (χ2n) is 3.73. The molecule has 0 aliphatic carbocycles. The number of pyridine rings is 1. The van der Waals surface area contributed by atoms with Gasteiger partial charge in [-0.15, -0.1) is 0 Å². The molecule has 1 aromatic carbocycles. The third kappa shape index (κ3) is 3.12. The second-order valence-corrected chi connectivity index (χ2v) is 5.05. The van der Waals surface area contributed by atoms with Crippen LogP contribution in [0.25, 0.3) is 0 Å². The Morgan fingerprint density at radius 1 is 1.40 bits per heavy atom. The van der Waals surface area contributed by atoms with E-state index < -0.39 is 10.8 Å². The van der Waals surface area contributed by atoms with E-state index in [-0.39, 0.29) is 22.0 Å². The maximum Gasteiger partial charge on any atom is 0.293 e. The Morgan fingerprint density at radius 2 is 2.15 bits per heavy atom. The number of carbonyl (C=O) groups excluding carboxylic acids is 1. The van der Waals surface area contributed by atoms with Gasteiger partial charge in [0, 0.05) is 22.9 Å². The van der Waals surface area contributed by atoms with Crippen LogP contribution in [0.15, 0.2) is 41.1 Å². The molecular weight excluding hydrogens is 350 g/mol. The van der Waals surface area contributed by atoms with E-state index in [0.29, 0.717) is 4.47 Å². The monoisotopic (exact) mass is 355 g/mol. The Morgan fingerprint density at radius 3 is 2.80 bits per heavy atom. The molecular formula is C12H7BrClN3O3. The molecule has 1 aromatic heterocycles. The SMILES string of the molecule is O=C(Nc1ccc(Br)cc1[N+](=O)[O-])c1ccncc1Cl. The highest BCUT2D eigenvalue weighted by Crippen LogP contribution is 2.28. The number of halogens is 2. The Kier molecular flexibility index (Phi) is 4.31. The first-order chi connectivity index (χ1) is 9.49. The molecule has 1 heterocycles. The van der Waals surface area contributed by atoms with E-state index in [2.05, 4.69) is 26.2 Å². The van der Waals surface area contributed by atoms with Gasteiger partial charge in [-0.3, -0.25) is 19.9 Å². The van der Waals surface area contributed by atoms with Crippen molar-refractivity contribution in [2.75, 3.05) is 5.32 Å². The van der Waals surface area contributed by atoms with Gasteiger partial charge in [0.2, 0.25) is 0 Å². The van der Waals surface area contributed by atoms with Crippen LogP contribution in [0.2, 0.25) is 5.02 Å². The lowest BCUT2D eigenvalue weighted by molar-refractivity contribution is -0.384. The van der Waals surface area contributed by atoms with Crippen molar-refractivity contribution in [2.24, 2.45) is 0 Å². The van der Waals surface area contributed by atoms with Gasteiger partial charge in [0.1, 0.15) is 5.69 Å². The van der Waals surface area contributed by atoms with Gasteiger partial charge in [-0.2, -0.15) is 0 Å². The van der Waals surface area contributed by atoms with Crippen LogP contribution < -0.4 is 5.32 Å². The zero-order valence-corrected chi connectivity index (χ0v) is 12.2. The molecule has 0 atom stereocenters. The fraction of sp³-hybridized carbons (Fsp3) is 0. The first-order valence-electron chi connectivity index (χ1n) is 5.34. The highest BCUT2D eigenvalue weighted by atomic mass is 79.9. The minimum absolute atomic E-state index is 0.0936. The normalized spacial score (nSPS) is 10.1. The molecule has 0 bridgehead atoms. The van der Waals surface area contributed by atoms with Gasteiger partial charge < -0.3 is 5.32 Å². The quantitative estimate of drug-likeness (QED) is 0.672. The van der Waals surface area contributed by atoms with Crippen molar-refractivity contribution in [3.8, 4) is 0 Å². The van der Waals surface area contributed by atoms with Crippen LogP contribution in [0, 0.1) is 10.1 Å². The van der Waals surface area contributed by atoms with E-state index in [1.54, 1.807) is 6.07 Å². The number of nitrogens with zero attached hydrogens (tertiary/aromatic N) is 2. The zero-order valence-electron chi connectivity index (χ0n) is 9.84. The summed E-state index contributed by atoms with van der Waals surface area (Å²) in [5.41, 5.74) is 0.0767. The summed E-state index contributed by atoms with van der Waals surface area (Å²) >= 11 is 8.99. The van der Waals surface area contributed by atoms with Crippen LogP contribution in [0.3, 0.4) is 0 Å². The van der Waals surface area contributed by atoms with Gasteiger partial charge in [0.15, 0.2) is 0 Å². The molecule has 0 saturated carbocycles. The predicted molar refractivity (Wildman–Crippen MR) is 78.0 cm³/mol. The Bertz CT molecular complexity index is 693. The minimum Gasteiger partial charge on any atom is -0.316 e. The van der Waals surface area contributed by atoms with Crippen molar-refractivity contribution < 1.29 is 9.72 Å². The summed E-state index contributed by atoms with van der Waals surface area (Å²) in [6.07, 6.45) is 2.74. The number of aromatic nitrogens is 1. The van der Waals surface area contributed by atoms with E-state index in [0.717, 1.165) is 0 Å². The number of rotatable bonds is 3. The molecule has 102 valence electrons. The molecule has 20 heavy (non-hydrogen) atoms. The summed E-state index contributed by atoms with van der Waals surface area (Å²) in [5, 5.41) is 13.6. The van der Waals surface area contributed by atoms with E-state index in [4.69, 9.17) is 11.6 Å². The lowest BCUT2D eigenvalue weighted by atomic mass is 10.2. The molecule has 1 N–H and O–H groups in total. The molecule has 6 nitrogen and oxygen atoms in total. The highest BCUT2D eigenvalue weighted by Gasteiger charge is 2.18. The topological polar surface area (TPSA) is 85.1 Å². The van der Waals surface area contributed by atoms with Crippen LogP contribution in [0.4, 0.5) is 11.4 Å². The maximum absolute atomic E-state index is 12.0. The number of hydrogen-bond acceptors (Lipinski definition) is 4. The first kappa shape index (κ1) is 14.4. The number of nitrogens with one attached hydrogen (secondary N) is 1. The summed E-state index contributed by atoms with van der Waals surface area (Å²) in [6.45, 7) is 0. The number of benzene rings is 1. The molecule has 8 heteroatoms. The molecule has 0 aliphatic rings. The van der Waals surface area contributed by atoms with Crippen LogP contribution in [-0.2, 0) is 0 Å². The van der Waals surface area contributed by atoms with Gasteiger partial charge >= 0.3 is 0 Å². The third-order valence-electron chi connectivity index (χ3n) is 2.42. The standard InChI is InChI=1S/C12H7BrClN3O3/c13-7-1-2-10(11(5-7)17(19)20)16-12(18)8-3-4-15-6-9(8)14/h1-6H,(H,16,18). The lowest BCUT2D eigenvalue weighted by Crippen LogP contribution is -2.13. The second kappa shape index (κ2) is 5.98. The fourth-order valence-electron chi connectivity index (χ4n) is 1.51. The molecule has 2 rings (SSSR count). The average molecular weight is 357 g/mol. The number of hydrogen-bond donors (Lipinski definition) is 1. The fourth-order valence-corrected chi connectivity index (χ4v) is 2.06. The van der Waals surface area contributed by atoms with Gasteiger partial charge in [0.25, 0.3) is 11.6 Å². The number of amides is 1. The van der Waals surface area contributed by atoms with E-state index in [1.165, 1.54) is 30.6 Å². The van der Waals surface area contributed by atoms with Gasteiger partial charge in [0.05, 0.1) is 15.5 Å². The number of nitro benzene ring substituents is 1. The summed E-state index contributed by atoms with van der Waals surface area (Å²) < 4.78 is 0.546. The first-order valence-corrected chi connectivity index (χ1v) is 6.51. The van der Waals surface area contributed by atoms with Crippen molar-refractivity contribution in [3.05, 3.63) is 61.8 Å². The molecule has 0 unspecified atom stereocenters.